The first-order chi connectivity index (χ1) is 9.80. The van der Waals surface area contributed by atoms with E-state index in [4.69, 9.17) is 9.22 Å². The van der Waals surface area contributed by atoms with Gasteiger partial charge in [-0.2, -0.15) is 0 Å². The van der Waals surface area contributed by atoms with Crippen molar-refractivity contribution in [3.05, 3.63) is 59.9 Å². The zero-order valence-corrected chi connectivity index (χ0v) is 9.43. The lowest BCUT2D eigenvalue weighted by Crippen LogP contribution is -2.07. The minimum absolute atomic E-state index is 0.0697. The number of carbonyl (C=O) groups is 1. The lowest BCUT2D eigenvalue weighted by Gasteiger charge is -2.09. The number of hydrogen-bond acceptors (Lipinski definition) is 1. The monoisotopic (exact) mass is 247 g/mol. The fourth-order valence-corrected chi connectivity index (χ4v) is 1.71. The van der Waals surface area contributed by atoms with Crippen LogP contribution in [0, 0.1) is 5.82 Å². The molecule has 0 fully saturated rings. The van der Waals surface area contributed by atoms with Crippen LogP contribution in [0.2, 0.25) is 0 Å². The zero-order valence-electron chi connectivity index (χ0n) is 12.4. The Labute approximate surface area is 109 Å². The lowest BCUT2D eigenvalue weighted by molar-refractivity contribution is -0.138. The maximum Gasteiger partial charge on any atom is 0.310 e. The van der Waals surface area contributed by atoms with Gasteiger partial charge in [-0.05, 0) is 24.0 Å². The Hall–Kier alpha value is -2.16. The molecule has 2 nitrogen and oxygen atoms in total. The van der Waals surface area contributed by atoms with Gasteiger partial charge >= 0.3 is 5.97 Å². The fraction of sp³-hybridized carbons (Fsp3) is 0.133. The average molecular weight is 247 g/mol. The Bertz CT molecular complexity index is 654. The smallest absolute Gasteiger partial charge is 0.310 e. The molecule has 2 aromatic carbocycles. The van der Waals surface area contributed by atoms with Gasteiger partial charge in [0.25, 0.3) is 0 Å². The molecule has 0 amide bonds. The quantitative estimate of drug-likeness (QED) is 0.898. The Morgan fingerprint density at radius 2 is 2.00 bits per heavy atom. The van der Waals surface area contributed by atoms with E-state index in [9.17, 15) is 9.18 Å². The topological polar surface area (TPSA) is 37.3 Å². The van der Waals surface area contributed by atoms with Crippen molar-refractivity contribution in [3.63, 3.8) is 0 Å². The molecule has 0 aromatic heterocycles. The summed E-state index contributed by atoms with van der Waals surface area (Å²) in [5.74, 6) is -3.88. The molecule has 0 saturated carbocycles. The molecule has 0 saturated heterocycles. The van der Waals surface area contributed by atoms with E-state index in [1.165, 1.54) is 12.1 Å². The van der Waals surface area contributed by atoms with E-state index < -0.39 is 24.6 Å². The van der Waals surface area contributed by atoms with E-state index in [1.54, 1.807) is 30.3 Å². The summed E-state index contributed by atoms with van der Waals surface area (Å²) in [6, 6.07) is 12.5. The molecule has 92 valence electrons. The van der Waals surface area contributed by atoms with Gasteiger partial charge in [0.1, 0.15) is 5.82 Å². The summed E-state index contributed by atoms with van der Waals surface area (Å²) in [4.78, 5) is 11.1. The van der Waals surface area contributed by atoms with Gasteiger partial charge in [0, 0.05) is 9.68 Å². The highest BCUT2D eigenvalue weighted by molar-refractivity contribution is 5.76. The van der Waals surface area contributed by atoms with E-state index in [0.29, 0.717) is 11.1 Å². The molecule has 3 heteroatoms. The third-order valence-corrected chi connectivity index (χ3v) is 2.66. The van der Waals surface area contributed by atoms with Crippen molar-refractivity contribution in [1.29, 1.82) is 0 Å². The van der Waals surface area contributed by atoms with Crippen LogP contribution in [0.5, 0.6) is 0 Å². The summed E-state index contributed by atoms with van der Waals surface area (Å²) in [6.07, 6.45) is 0. The van der Waals surface area contributed by atoms with Crippen LogP contribution in [0.1, 0.15) is 22.4 Å². The van der Waals surface area contributed by atoms with Crippen molar-refractivity contribution in [2.75, 3.05) is 0 Å². The van der Waals surface area contributed by atoms with Crippen LogP contribution in [0.4, 0.5) is 4.39 Å². The largest absolute Gasteiger partial charge is 0.481 e. The summed E-state index contributed by atoms with van der Waals surface area (Å²) < 4.78 is 36.0. The summed E-state index contributed by atoms with van der Waals surface area (Å²) >= 11 is 0. The number of carboxylic acids is 1. The predicted octanol–water partition coefficient (Wildman–Crippen LogP) is 3.68. The molecule has 0 unspecified atom stereocenters. The van der Waals surface area contributed by atoms with Gasteiger partial charge in [-0.25, -0.2) is 4.39 Å². The van der Waals surface area contributed by atoms with Crippen LogP contribution in [-0.2, 0) is 4.79 Å². The highest BCUT2D eigenvalue weighted by Crippen LogP contribution is 2.26. The normalized spacial score (nSPS) is 15.3. The third kappa shape index (κ3) is 2.40. The Morgan fingerprint density at radius 3 is 2.56 bits per heavy atom. The van der Waals surface area contributed by atoms with Gasteiger partial charge in [0.15, 0.2) is 0 Å². The summed E-state index contributed by atoms with van der Waals surface area (Å²) in [5, 5.41) is 9.06. The highest BCUT2D eigenvalue weighted by Gasteiger charge is 2.15. The molecule has 0 aliphatic carbocycles. The molecule has 18 heavy (non-hydrogen) atoms. The molecule has 0 aliphatic heterocycles. The number of hydrogen-bond donors (Lipinski definition) is 1. The number of benzene rings is 2. The number of rotatable bonds is 3. The van der Waals surface area contributed by atoms with E-state index in [0.717, 1.165) is 6.07 Å². The molecule has 0 spiro atoms. The molecule has 0 aliphatic rings. The maximum atomic E-state index is 14.2. The van der Waals surface area contributed by atoms with Crippen LogP contribution >= 0.6 is 0 Å². The van der Waals surface area contributed by atoms with Crippen molar-refractivity contribution in [3.8, 4) is 11.1 Å². The summed E-state index contributed by atoms with van der Waals surface area (Å²) in [7, 11) is 0. The number of halogens is 1. The standard InChI is InChI=1S/C15H13FO2/c1-10(15(17)18)12-7-8-13(14(16)9-12)11-5-3-2-4-6-11/h2-10H,1H3,(H,17,18)/t10-/m1/s1/i1D3. The molecule has 2 aromatic rings. The van der Waals surface area contributed by atoms with Crippen molar-refractivity contribution < 1.29 is 18.4 Å². The summed E-state index contributed by atoms with van der Waals surface area (Å²) in [5.41, 5.74) is 0.871. The van der Waals surface area contributed by atoms with Gasteiger partial charge in [-0.1, -0.05) is 42.5 Å². The number of carboxylic acid groups (broad SMARTS) is 1. The van der Waals surface area contributed by atoms with E-state index >= 15 is 0 Å². The van der Waals surface area contributed by atoms with Crippen LogP contribution in [0.15, 0.2) is 48.5 Å². The van der Waals surface area contributed by atoms with Crippen molar-refractivity contribution in [1.82, 2.24) is 0 Å². The highest BCUT2D eigenvalue weighted by atomic mass is 19.1. The first kappa shape index (κ1) is 8.86. The van der Waals surface area contributed by atoms with Gasteiger partial charge in [-0.3, -0.25) is 4.79 Å². The minimum atomic E-state index is -2.73. The van der Waals surface area contributed by atoms with Gasteiger partial charge < -0.3 is 5.11 Å². The van der Waals surface area contributed by atoms with Gasteiger partial charge in [-0.15, -0.1) is 0 Å². The summed E-state index contributed by atoms with van der Waals surface area (Å²) in [6.45, 7) is -2.73. The van der Waals surface area contributed by atoms with E-state index in [2.05, 4.69) is 0 Å². The second kappa shape index (κ2) is 5.00. The molecular formula is C15H13FO2. The van der Waals surface area contributed by atoms with Crippen molar-refractivity contribution >= 4 is 5.97 Å². The van der Waals surface area contributed by atoms with Crippen molar-refractivity contribution in [2.24, 2.45) is 0 Å². The Morgan fingerprint density at radius 1 is 1.28 bits per heavy atom. The number of aliphatic carboxylic acids is 1. The maximum absolute atomic E-state index is 14.2. The fourth-order valence-electron chi connectivity index (χ4n) is 1.71. The zero-order chi connectivity index (χ0) is 15.6. The first-order valence-electron chi connectivity index (χ1n) is 6.88. The third-order valence-electron chi connectivity index (χ3n) is 2.66. The van der Waals surface area contributed by atoms with Crippen LogP contribution < -0.4 is 0 Å². The molecular weight excluding hydrogens is 231 g/mol. The second-order valence-corrected chi connectivity index (χ2v) is 3.88. The van der Waals surface area contributed by atoms with E-state index in [-0.39, 0.29) is 5.56 Å². The average Bonchev–Trinajstić information content (AvgIpc) is 2.37. The molecule has 1 atom stereocenters. The molecule has 0 heterocycles. The van der Waals surface area contributed by atoms with Gasteiger partial charge in [0.05, 0.1) is 5.92 Å². The van der Waals surface area contributed by atoms with Crippen LogP contribution in [-0.4, -0.2) is 11.1 Å². The Kier molecular flexibility index (Phi) is 2.46. The van der Waals surface area contributed by atoms with Crippen LogP contribution in [0.25, 0.3) is 11.1 Å². The SMILES string of the molecule is [2H]C([2H])([2H])[C@@H](C(=O)O)c1ccc(-c2ccccc2)c(F)c1. The molecule has 2 rings (SSSR count). The predicted molar refractivity (Wildman–Crippen MR) is 67.9 cm³/mol. The van der Waals surface area contributed by atoms with Crippen molar-refractivity contribution in [2.45, 2.75) is 12.8 Å². The van der Waals surface area contributed by atoms with Gasteiger partial charge in [0.2, 0.25) is 0 Å². The first-order valence-corrected chi connectivity index (χ1v) is 5.38. The second-order valence-electron chi connectivity index (χ2n) is 3.88. The molecule has 1 N–H and O–H groups in total. The molecule has 0 radical (unpaired) electrons. The minimum Gasteiger partial charge on any atom is -0.481 e. The Balaban J connectivity index is 2.46. The lowest BCUT2D eigenvalue weighted by atomic mass is 9.97. The van der Waals surface area contributed by atoms with Crippen LogP contribution in [0.3, 0.4) is 0 Å². The molecule has 0 bridgehead atoms. The van der Waals surface area contributed by atoms with E-state index in [1.807, 2.05) is 0 Å².